The van der Waals surface area contributed by atoms with Crippen molar-refractivity contribution < 1.29 is 9.53 Å². The van der Waals surface area contributed by atoms with Gasteiger partial charge in [-0.2, -0.15) is 5.10 Å². The van der Waals surface area contributed by atoms with E-state index < -0.39 is 0 Å². The minimum absolute atomic E-state index is 0.0259. The lowest BCUT2D eigenvalue weighted by molar-refractivity contribution is -0.117. The Morgan fingerprint density at radius 3 is 2.96 bits per heavy atom. The van der Waals surface area contributed by atoms with Crippen LogP contribution in [0.4, 0.5) is 5.69 Å². The molecule has 0 aliphatic carbocycles. The fraction of sp³-hybridized carbons (Fsp3) is 0.412. The Labute approximate surface area is 135 Å². The first-order chi connectivity index (χ1) is 11.1. The second kappa shape index (κ2) is 6.93. The van der Waals surface area contributed by atoms with E-state index in [2.05, 4.69) is 15.7 Å². The van der Waals surface area contributed by atoms with Crippen LogP contribution in [-0.2, 0) is 9.53 Å². The van der Waals surface area contributed by atoms with Crippen LogP contribution in [-0.4, -0.2) is 41.5 Å². The van der Waals surface area contributed by atoms with Crippen molar-refractivity contribution in [1.82, 2.24) is 15.1 Å². The number of anilines is 1. The lowest BCUT2D eigenvalue weighted by Crippen LogP contribution is -2.43. The summed E-state index contributed by atoms with van der Waals surface area (Å²) in [6, 6.07) is 9.79. The smallest absolute Gasteiger partial charge is 0.226 e. The van der Waals surface area contributed by atoms with Crippen molar-refractivity contribution in [3.63, 3.8) is 0 Å². The zero-order valence-corrected chi connectivity index (χ0v) is 13.5. The summed E-state index contributed by atoms with van der Waals surface area (Å²) in [5.41, 5.74) is 3.62. The molecular formula is C17H22N4O2. The number of hydrogen-bond donors (Lipinski definition) is 2. The standard InChI is InChI=1S/C17H22N4O2/c1-12-9-13(2)21(20-12)16-6-4-3-5-15(16)19-17(22)10-14-11-23-8-7-18-14/h3-6,9,14,18H,7-8,10-11H2,1-2H3,(H,19,22). The Morgan fingerprint density at radius 2 is 2.26 bits per heavy atom. The SMILES string of the molecule is Cc1cc(C)n(-c2ccccc2NC(=O)CC2COCCN2)n1. The number of aryl methyl sites for hydroxylation is 2. The molecular weight excluding hydrogens is 292 g/mol. The number of rotatable bonds is 4. The van der Waals surface area contributed by atoms with Crippen molar-refractivity contribution in [2.75, 3.05) is 25.1 Å². The van der Waals surface area contributed by atoms with Gasteiger partial charge in [0.15, 0.2) is 0 Å². The van der Waals surface area contributed by atoms with Gasteiger partial charge in [0.2, 0.25) is 5.91 Å². The predicted octanol–water partition coefficient (Wildman–Crippen LogP) is 1.81. The van der Waals surface area contributed by atoms with Crippen molar-refractivity contribution in [2.24, 2.45) is 0 Å². The van der Waals surface area contributed by atoms with Gasteiger partial charge in [0.25, 0.3) is 0 Å². The molecule has 2 aromatic rings. The molecule has 6 heteroatoms. The molecule has 0 spiro atoms. The second-order valence-corrected chi connectivity index (χ2v) is 5.83. The van der Waals surface area contributed by atoms with E-state index in [4.69, 9.17) is 4.74 Å². The Kier molecular flexibility index (Phi) is 4.73. The molecule has 2 N–H and O–H groups in total. The molecule has 0 saturated carbocycles. The molecule has 1 saturated heterocycles. The first-order valence-corrected chi connectivity index (χ1v) is 7.87. The van der Waals surface area contributed by atoms with Gasteiger partial charge in [-0.1, -0.05) is 12.1 Å². The number of para-hydroxylation sites is 2. The van der Waals surface area contributed by atoms with Crippen LogP contribution in [0.3, 0.4) is 0 Å². The third-order valence-electron chi connectivity index (χ3n) is 3.85. The summed E-state index contributed by atoms with van der Waals surface area (Å²) in [6.45, 7) is 6.03. The first kappa shape index (κ1) is 15.7. The van der Waals surface area contributed by atoms with Crippen LogP contribution >= 0.6 is 0 Å². The van der Waals surface area contributed by atoms with Crippen LogP contribution in [0.5, 0.6) is 0 Å². The van der Waals surface area contributed by atoms with Crippen molar-refractivity contribution in [3.05, 3.63) is 41.7 Å². The van der Waals surface area contributed by atoms with Gasteiger partial charge in [0.1, 0.15) is 0 Å². The monoisotopic (exact) mass is 314 g/mol. The Morgan fingerprint density at radius 1 is 1.43 bits per heavy atom. The number of morpholine rings is 1. The van der Waals surface area contributed by atoms with Gasteiger partial charge < -0.3 is 15.4 Å². The van der Waals surface area contributed by atoms with Crippen molar-refractivity contribution in [2.45, 2.75) is 26.3 Å². The Hall–Kier alpha value is -2.18. The molecule has 1 fully saturated rings. The van der Waals surface area contributed by atoms with E-state index in [1.807, 2.05) is 48.9 Å². The van der Waals surface area contributed by atoms with E-state index in [9.17, 15) is 4.79 Å². The minimum Gasteiger partial charge on any atom is -0.378 e. The topological polar surface area (TPSA) is 68.2 Å². The molecule has 6 nitrogen and oxygen atoms in total. The van der Waals surface area contributed by atoms with Gasteiger partial charge in [-0.05, 0) is 32.0 Å². The first-order valence-electron chi connectivity index (χ1n) is 7.87. The average molecular weight is 314 g/mol. The normalized spacial score (nSPS) is 17.9. The van der Waals surface area contributed by atoms with Crippen LogP contribution in [0.1, 0.15) is 17.8 Å². The van der Waals surface area contributed by atoms with Crippen LogP contribution in [0, 0.1) is 13.8 Å². The number of amides is 1. The Balaban J connectivity index is 1.75. The van der Waals surface area contributed by atoms with Gasteiger partial charge in [-0.15, -0.1) is 0 Å². The van der Waals surface area contributed by atoms with Crippen LogP contribution in [0.2, 0.25) is 0 Å². The molecule has 1 atom stereocenters. The van der Waals surface area contributed by atoms with E-state index in [-0.39, 0.29) is 11.9 Å². The molecule has 122 valence electrons. The third kappa shape index (κ3) is 3.78. The molecule has 1 amide bonds. The van der Waals surface area contributed by atoms with E-state index in [1.165, 1.54) is 0 Å². The Bertz CT molecular complexity index is 690. The highest BCUT2D eigenvalue weighted by molar-refractivity contribution is 5.93. The minimum atomic E-state index is -0.0259. The lowest BCUT2D eigenvalue weighted by atomic mass is 10.2. The molecule has 1 aliphatic heterocycles. The van der Waals surface area contributed by atoms with Gasteiger partial charge >= 0.3 is 0 Å². The molecule has 1 aromatic carbocycles. The van der Waals surface area contributed by atoms with Gasteiger partial charge in [0.05, 0.1) is 30.3 Å². The van der Waals surface area contributed by atoms with E-state index in [0.29, 0.717) is 19.6 Å². The number of hydrogen-bond acceptors (Lipinski definition) is 4. The summed E-state index contributed by atoms with van der Waals surface area (Å²) in [5, 5.41) is 10.8. The van der Waals surface area contributed by atoms with E-state index >= 15 is 0 Å². The summed E-state index contributed by atoms with van der Waals surface area (Å²) in [4.78, 5) is 12.3. The van der Waals surface area contributed by atoms with Crippen molar-refractivity contribution >= 4 is 11.6 Å². The third-order valence-corrected chi connectivity index (χ3v) is 3.85. The number of ether oxygens (including phenoxy) is 1. The fourth-order valence-electron chi connectivity index (χ4n) is 2.81. The fourth-order valence-corrected chi connectivity index (χ4v) is 2.81. The summed E-state index contributed by atoms with van der Waals surface area (Å²) >= 11 is 0. The highest BCUT2D eigenvalue weighted by Gasteiger charge is 2.18. The molecule has 0 bridgehead atoms. The molecule has 1 aliphatic rings. The van der Waals surface area contributed by atoms with E-state index in [0.717, 1.165) is 29.3 Å². The zero-order valence-electron chi connectivity index (χ0n) is 13.5. The van der Waals surface area contributed by atoms with Gasteiger partial charge in [0, 0.05) is 24.7 Å². The van der Waals surface area contributed by atoms with Crippen molar-refractivity contribution in [3.8, 4) is 5.69 Å². The molecule has 1 unspecified atom stereocenters. The van der Waals surface area contributed by atoms with E-state index in [1.54, 1.807) is 0 Å². The number of nitrogens with zero attached hydrogens (tertiary/aromatic N) is 2. The molecule has 2 heterocycles. The summed E-state index contributed by atoms with van der Waals surface area (Å²) in [7, 11) is 0. The second-order valence-electron chi connectivity index (χ2n) is 5.83. The van der Waals surface area contributed by atoms with Crippen LogP contribution < -0.4 is 10.6 Å². The number of carbonyl (C=O) groups is 1. The average Bonchev–Trinajstić information content (AvgIpc) is 2.87. The highest BCUT2D eigenvalue weighted by atomic mass is 16.5. The molecule has 0 radical (unpaired) electrons. The number of nitrogens with one attached hydrogen (secondary N) is 2. The largest absolute Gasteiger partial charge is 0.378 e. The van der Waals surface area contributed by atoms with Gasteiger partial charge in [-0.3, -0.25) is 4.79 Å². The van der Waals surface area contributed by atoms with Crippen molar-refractivity contribution in [1.29, 1.82) is 0 Å². The zero-order chi connectivity index (χ0) is 16.2. The summed E-state index contributed by atoms with van der Waals surface area (Å²) in [5.74, 6) is -0.0259. The highest BCUT2D eigenvalue weighted by Crippen LogP contribution is 2.21. The number of benzene rings is 1. The summed E-state index contributed by atoms with van der Waals surface area (Å²) < 4.78 is 7.24. The lowest BCUT2D eigenvalue weighted by Gasteiger charge is -2.23. The van der Waals surface area contributed by atoms with Crippen LogP contribution in [0.25, 0.3) is 5.69 Å². The predicted molar refractivity (Wildman–Crippen MR) is 88.9 cm³/mol. The van der Waals surface area contributed by atoms with Crippen LogP contribution in [0.15, 0.2) is 30.3 Å². The number of carbonyl (C=O) groups excluding carboxylic acids is 1. The quantitative estimate of drug-likeness (QED) is 0.903. The molecule has 3 rings (SSSR count). The molecule has 23 heavy (non-hydrogen) atoms. The number of aromatic nitrogens is 2. The maximum atomic E-state index is 12.3. The maximum absolute atomic E-state index is 12.3. The maximum Gasteiger partial charge on any atom is 0.226 e. The summed E-state index contributed by atoms with van der Waals surface area (Å²) in [6.07, 6.45) is 0.394. The van der Waals surface area contributed by atoms with Gasteiger partial charge in [-0.25, -0.2) is 4.68 Å². The molecule has 1 aromatic heterocycles.